The molecule has 16 heavy (non-hydrogen) atoms. The van der Waals surface area contributed by atoms with E-state index in [0.29, 0.717) is 12.0 Å². The Bertz CT molecular complexity index is 521. The largest absolute Gasteiger partial charge is 0.294 e. The highest BCUT2D eigenvalue weighted by molar-refractivity contribution is 9.10. The predicted octanol–water partition coefficient (Wildman–Crippen LogP) is 3.64. The molecule has 2 aromatic rings. The van der Waals surface area contributed by atoms with E-state index in [1.807, 2.05) is 24.4 Å². The summed E-state index contributed by atoms with van der Waals surface area (Å²) in [6.07, 6.45) is 3.77. The zero-order valence-corrected chi connectivity index (χ0v) is 11.1. The number of Topliss-reactive ketones (excluding diaryl/α,β-unsaturated/α-hetero) is 1. The Labute approximate surface area is 106 Å². The van der Waals surface area contributed by atoms with E-state index in [-0.39, 0.29) is 5.78 Å². The van der Waals surface area contributed by atoms with Crippen LogP contribution in [0.1, 0.15) is 20.8 Å². The summed E-state index contributed by atoms with van der Waals surface area (Å²) in [6, 6.07) is 3.82. The first-order chi connectivity index (χ1) is 7.68. The van der Waals surface area contributed by atoms with Crippen molar-refractivity contribution in [3.05, 3.63) is 50.4 Å². The fourth-order valence-electron chi connectivity index (χ4n) is 1.45. The van der Waals surface area contributed by atoms with Gasteiger partial charge in [-0.1, -0.05) is 0 Å². The second-order valence-corrected chi connectivity index (χ2v) is 5.34. The SMILES string of the molecule is Cc1ccncc1C(=O)Cc1sccc1Br. The van der Waals surface area contributed by atoms with Gasteiger partial charge in [-0.25, -0.2) is 0 Å². The van der Waals surface area contributed by atoms with Gasteiger partial charge in [0.05, 0.1) is 0 Å². The standard InChI is InChI=1S/C12H10BrNOS/c1-8-2-4-14-7-9(8)11(15)6-12-10(13)3-5-16-12/h2-5,7H,6H2,1H3. The Balaban J connectivity index is 2.22. The van der Waals surface area contributed by atoms with Crippen LogP contribution in [-0.2, 0) is 6.42 Å². The number of aromatic nitrogens is 1. The van der Waals surface area contributed by atoms with Crippen LogP contribution in [0.3, 0.4) is 0 Å². The van der Waals surface area contributed by atoms with Crippen molar-refractivity contribution < 1.29 is 4.79 Å². The second-order valence-electron chi connectivity index (χ2n) is 3.48. The molecule has 0 amide bonds. The highest BCUT2D eigenvalue weighted by Gasteiger charge is 2.12. The molecule has 0 saturated carbocycles. The topological polar surface area (TPSA) is 30.0 Å². The Kier molecular flexibility index (Phi) is 3.51. The summed E-state index contributed by atoms with van der Waals surface area (Å²) in [6.45, 7) is 1.93. The molecular weight excluding hydrogens is 286 g/mol. The van der Waals surface area contributed by atoms with E-state index in [4.69, 9.17) is 0 Å². The minimum absolute atomic E-state index is 0.119. The quantitative estimate of drug-likeness (QED) is 0.809. The summed E-state index contributed by atoms with van der Waals surface area (Å²) in [4.78, 5) is 17.1. The Morgan fingerprint density at radius 2 is 2.31 bits per heavy atom. The fourth-order valence-corrected chi connectivity index (χ4v) is 2.94. The van der Waals surface area contributed by atoms with Gasteiger partial charge in [-0.2, -0.15) is 0 Å². The van der Waals surface area contributed by atoms with E-state index in [2.05, 4.69) is 20.9 Å². The summed E-state index contributed by atoms with van der Waals surface area (Å²) in [5, 5.41) is 1.97. The van der Waals surface area contributed by atoms with Crippen LogP contribution in [0.4, 0.5) is 0 Å². The average Bonchev–Trinajstić information content (AvgIpc) is 2.65. The number of thiophene rings is 1. The zero-order chi connectivity index (χ0) is 11.5. The Morgan fingerprint density at radius 1 is 1.50 bits per heavy atom. The normalized spacial score (nSPS) is 10.4. The Hall–Kier alpha value is -1.00. The molecule has 0 aliphatic carbocycles. The first-order valence-electron chi connectivity index (χ1n) is 4.84. The van der Waals surface area contributed by atoms with Gasteiger partial charge in [0.15, 0.2) is 5.78 Å². The lowest BCUT2D eigenvalue weighted by Gasteiger charge is -2.02. The number of nitrogens with zero attached hydrogens (tertiary/aromatic N) is 1. The van der Waals surface area contributed by atoms with Crippen molar-refractivity contribution in [2.24, 2.45) is 0 Å². The first kappa shape index (κ1) is 11.5. The van der Waals surface area contributed by atoms with Gasteiger partial charge < -0.3 is 0 Å². The van der Waals surface area contributed by atoms with Crippen molar-refractivity contribution in [1.82, 2.24) is 4.98 Å². The molecule has 2 rings (SSSR count). The van der Waals surface area contributed by atoms with Crippen LogP contribution in [0, 0.1) is 6.92 Å². The second kappa shape index (κ2) is 4.89. The number of carbonyl (C=O) groups excluding carboxylic acids is 1. The number of aryl methyl sites for hydroxylation is 1. The zero-order valence-electron chi connectivity index (χ0n) is 8.74. The third-order valence-corrected chi connectivity index (χ3v) is 4.28. The van der Waals surface area contributed by atoms with Crippen LogP contribution in [0.15, 0.2) is 34.4 Å². The van der Waals surface area contributed by atoms with E-state index in [1.165, 1.54) is 0 Å². The molecule has 0 aromatic carbocycles. The molecule has 0 radical (unpaired) electrons. The molecule has 0 fully saturated rings. The van der Waals surface area contributed by atoms with E-state index >= 15 is 0 Å². The van der Waals surface area contributed by atoms with Gasteiger partial charge in [-0.05, 0) is 45.9 Å². The van der Waals surface area contributed by atoms with Crippen molar-refractivity contribution in [2.75, 3.05) is 0 Å². The van der Waals surface area contributed by atoms with Crippen molar-refractivity contribution in [3.63, 3.8) is 0 Å². The summed E-state index contributed by atoms with van der Waals surface area (Å²) in [5.74, 6) is 0.119. The van der Waals surface area contributed by atoms with Crippen LogP contribution in [0.25, 0.3) is 0 Å². The van der Waals surface area contributed by atoms with Gasteiger partial charge in [0, 0.05) is 33.7 Å². The maximum absolute atomic E-state index is 12.0. The van der Waals surface area contributed by atoms with Gasteiger partial charge in [0.1, 0.15) is 0 Å². The molecule has 0 aliphatic rings. The molecule has 0 saturated heterocycles. The number of halogens is 1. The third kappa shape index (κ3) is 2.39. The van der Waals surface area contributed by atoms with E-state index in [1.54, 1.807) is 23.7 Å². The smallest absolute Gasteiger partial charge is 0.169 e. The van der Waals surface area contributed by atoms with Crippen LogP contribution in [0.5, 0.6) is 0 Å². The molecule has 0 aliphatic heterocycles. The molecule has 2 aromatic heterocycles. The molecule has 0 bridgehead atoms. The minimum atomic E-state index is 0.119. The monoisotopic (exact) mass is 295 g/mol. The molecule has 82 valence electrons. The number of carbonyl (C=O) groups is 1. The van der Waals surface area contributed by atoms with Crippen LogP contribution < -0.4 is 0 Å². The summed E-state index contributed by atoms with van der Waals surface area (Å²) < 4.78 is 1.01. The van der Waals surface area contributed by atoms with Crippen LogP contribution >= 0.6 is 27.3 Å². The van der Waals surface area contributed by atoms with Gasteiger partial charge in [-0.3, -0.25) is 9.78 Å². The molecule has 0 spiro atoms. The third-order valence-electron chi connectivity index (χ3n) is 2.35. The van der Waals surface area contributed by atoms with Gasteiger partial charge in [0.2, 0.25) is 0 Å². The molecule has 2 heterocycles. The maximum Gasteiger partial charge on any atom is 0.169 e. The average molecular weight is 296 g/mol. The molecule has 2 nitrogen and oxygen atoms in total. The predicted molar refractivity (Wildman–Crippen MR) is 69.0 cm³/mol. The highest BCUT2D eigenvalue weighted by Crippen LogP contribution is 2.24. The molecule has 0 unspecified atom stereocenters. The van der Waals surface area contributed by atoms with Crippen molar-refractivity contribution in [2.45, 2.75) is 13.3 Å². The van der Waals surface area contributed by atoms with Gasteiger partial charge in [0.25, 0.3) is 0 Å². The molecule has 4 heteroatoms. The lowest BCUT2D eigenvalue weighted by molar-refractivity contribution is 0.0992. The number of rotatable bonds is 3. The van der Waals surface area contributed by atoms with Gasteiger partial charge in [-0.15, -0.1) is 11.3 Å². The van der Waals surface area contributed by atoms with Crippen molar-refractivity contribution in [1.29, 1.82) is 0 Å². The van der Waals surface area contributed by atoms with Crippen LogP contribution in [0.2, 0.25) is 0 Å². The molecule has 0 atom stereocenters. The van der Waals surface area contributed by atoms with E-state index < -0.39 is 0 Å². The molecular formula is C12H10BrNOS. The summed E-state index contributed by atoms with van der Waals surface area (Å²) in [5.41, 5.74) is 1.69. The van der Waals surface area contributed by atoms with Gasteiger partial charge >= 0.3 is 0 Å². The lowest BCUT2D eigenvalue weighted by Crippen LogP contribution is -2.05. The number of pyridine rings is 1. The summed E-state index contributed by atoms with van der Waals surface area (Å²) >= 11 is 5.02. The highest BCUT2D eigenvalue weighted by atomic mass is 79.9. The fraction of sp³-hybridized carbons (Fsp3) is 0.167. The first-order valence-corrected chi connectivity index (χ1v) is 6.51. The van der Waals surface area contributed by atoms with Crippen LogP contribution in [-0.4, -0.2) is 10.8 Å². The van der Waals surface area contributed by atoms with Crippen molar-refractivity contribution in [3.8, 4) is 0 Å². The Morgan fingerprint density at radius 3 is 2.94 bits per heavy atom. The summed E-state index contributed by atoms with van der Waals surface area (Å²) in [7, 11) is 0. The number of hydrogen-bond donors (Lipinski definition) is 0. The lowest BCUT2D eigenvalue weighted by atomic mass is 10.1. The van der Waals surface area contributed by atoms with Crippen molar-refractivity contribution >= 4 is 33.0 Å². The van der Waals surface area contributed by atoms with E-state index in [9.17, 15) is 4.79 Å². The minimum Gasteiger partial charge on any atom is -0.294 e. The molecule has 0 N–H and O–H groups in total. The van der Waals surface area contributed by atoms with E-state index in [0.717, 1.165) is 14.9 Å². The number of ketones is 1. The number of hydrogen-bond acceptors (Lipinski definition) is 3. The maximum atomic E-state index is 12.0.